The SMILES string of the molecule is CCCCCCC/C=C/CCCCCCC(=O)OCCCCCCCC/C=C\CCCCCCCC. The largest absolute Gasteiger partial charge is 0.466 e. The summed E-state index contributed by atoms with van der Waals surface area (Å²) in [7, 11) is 0. The van der Waals surface area contributed by atoms with Gasteiger partial charge in [0, 0.05) is 6.42 Å². The molecule has 0 unspecified atom stereocenters. The lowest BCUT2D eigenvalue weighted by atomic mass is 10.1. The van der Waals surface area contributed by atoms with Gasteiger partial charge in [-0.3, -0.25) is 4.79 Å². The summed E-state index contributed by atoms with van der Waals surface area (Å²) in [5.41, 5.74) is 0. The molecule has 0 aromatic carbocycles. The van der Waals surface area contributed by atoms with Crippen LogP contribution in [-0.2, 0) is 9.53 Å². The summed E-state index contributed by atoms with van der Waals surface area (Å²) in [6.07, 6.45) is 42.2. The molecule has 0 aromatic heterocycles. The van der Waals surface area contributed by atoms with Gasteiger partial charge in [-0.2, -0.15) is 0 Å². The highest BCUT2D eigenvalue weighted by Gasteiger charge is 2.02. The predicted molar refractivity (Wildman–Crippen MR) is 161 cm³/mol. The first kappa shape index (κ1) is 35.0. The van der Waals surface area contributed by atoms with Gasteiger partial charge in [0.1, 0.15) is 0 Å². The molecule has 0 atom stereocenters. The minimum absolute atomic E-state index is 0.00529. The van der Waals surface area contributed by atoms with Crippen molar-refractivity contribution in [1.29, 1.82) is 0 Å². The molecule has 0 rings (SSSR count). The molecule has 0 saturated carbocycles. The maximum atomic E-state index is 11.9. The van der Waals surface area contributed by atoms with Crippen LogP contribution >= 0.6 is 0 Å². The van der Waals surface area contributed by atoms with Crippen LogP contribution in [0, 0.1) is 0 Å². The molecule has 36 heavy (non-hydrogen) atoms. The molecule has 0 aromatic rings. The van der Waals surface area contributed by atoms with Gasteiger partial charge in [-0.25, -0.2) is 0 Å². The molecule has 0 saturated heterocycles. The first-order chi connectivity index (χ1) is 17.8. The molecule has 0 aliphatic carbocycles. The van der Waals surface area contributed by atoms with E-state index in [0.29, 0.717) is 13.0 Å². The van der Waals surface area contributed by atoms with Crippen molar-refractivity contribution in [2.24, 2.45) is 0 Å². The van der Waals surface area contributed by atoms with Crippen LogP contribution in [0.3, 0.4) is 0 Å². The zero-order valence-electron chi connectivity index (χ0n) is 24.7. The van der Waals surface area contributed by atoms with Crippen LogP contribution in [0.25, 0.3) is 0 Å². The van der Waals surface area contributed by atoms with Crippen molar-refractivity contribution in [3.63, 3.8) is 0 Å². The number of hydrogen-bond donors (Lipinski definition) is 0. The Morgan fingerprint density at radius 2 is 0.778 bits per heavy atom. The number of carbonyl (C=O) groups excluding carboxylic acids is 1. The van der Waals surface area contributed by atoms with Crippen molar-refractivity contribution in [2.45, 2.75) is 181 Å². The monoisotopic (exact) mass is 504 g/mol. The second-order valence-corrected chi connectivity index (χ2v) is 10.8. The summed E-state index contributed by atoms with van der Waals surface area (Å²) in [5, 5.41) is 0. The molecular weight excluding hydrogens is 440 g/mol. The highest BCUT2D eigenvalue weighted by molar-refractivity contribution is 5.69. The Bertz CT molecular complexity index is 480. The van der Waals surface area contributed by atoms with E-state index in [0.717, 1.165) is 19.3 Å². The van der Waals surface area contributed by atoms with E-state index >= 15 is 0 Å². The van der Waals surface area contributed by atoms with Crippen molar-refractivity contribution in [1.82, 2.24) is 0 Å². The van der Waals surface area contributed by atoms with E-state index in [2.05, 4.69) is 38.2 Å². The second kappa shape index (κ2) is 32.0. The van der Waals surface area contributed by atoms with Crippen molar-refractivity contribution in [3.05, 3.63) is 24.3 Å². The third-order valence-corrected chi connectivity index (χ3v) is 7.06. The van der Waals surface area contributed by atoms with Crippen molar-refractivity contribution >= 4 is 5.97 Å². The first-order valence-corrected chi connectivity index (χ1v) is 16.3. The third kappa shape index (κ3) is 31.0. The Morgan fingerprint density at radius 1 is 0.444 bits per heavy atom. The molecule has 0 spiro atoms. The van der Waals surface area contributed by atoms with Crippen LogP contribution in [0.15, 0.2) is 24.3 Å². The quantitative estimate of drug-likeness (QED) is 0.0575. The zero-order chi connectivity index (χ0) is 26.2. The molecule has 0 heterocycles. The fraction of sp³-hybridized carbons (Fsp3) is 0.853. The summed E-state index contributed by atoms with van der Waals surface area (Å²) >= 11 is 0. The molecule has 0 N–H and O–H groups in total. The van der Waals surface area contributed by atoms with Crippen LogP contribution in [0.4, 0.5) is 0 Å². The Balaban J connectivity index is 3.23. The lowest BCUT2D eigenvalue weighted by Crippen LogP contribution is -2.05. The minimum atomic E-state index is 0.00529. The summed E-state index contributed by atoms with van der Waals surface area (Å²) < 4.78 is 5.41. The zero-order valence-corrected chi connectivity index (χ0v) is 24.7. The Morgan fingerprint density at radius 3 is 1.19 bits per heavy atom. The molecule has 212 valence electrons. The Hall–Kier alpha value is -1.05. The van der Waals surface area contributed by atoms with Gasteiger partial charge in [-0.1, -0.05) is 134 Å². The van der Waals surface area contributed by atoms with Gasteiger partial charge in [0.2, 0.25) is 0 Å². The van der Waals surface area contributed by atoms with Gasteiger partial charge in [0.25, 0.3) is 0 Å². The minimum Gasteiger partial charge on any atom is -0.466 e. The Kier molecular flexibility index (Phi) is 31.0. The van der Waals surface area contributed by atoms with Gasteiger partial charge < -0.3 is 4.74 Å². The molecule has 0 aliphatic rings. The maximum Gasteiger partial charge on any atom is 0.305 e. The summed E-state index contributed by atoms with van der Waals surface area (Å²) in [4.78, 5) is 11.9. The average molecular weight is 505 g/mol. The Labute approximate surface area is 227 Å². The van der Waals surface area contributed by atoms with Crippen LogP contribution in [0.5, 0.6) is 0 Å². The standard InChI is InChI=1S/C34H64O2/c1-3-5-7-9-11-13-15-17-18-19-21-23-25-27-29-31-33-36-34(35)32-30-28-26-24-22-20-16-14-12-10-8-6-4-2/h16-18,20H,3-15,19,21-33H2,1-2H3/b18-17-,20-16+. The van der Waals surface area contributed by atoms with Crippen LogP contribution < -0.4 is 0 Å². The molecule has 0 bridgehead atoms. The molecule has 0 amide bonds. The van der Waals surface area contributed by atoms with E-state index in [-0.39, 0.29) is 5.97 Å². The van der Waals surface area contributed by atoms with E-state index in [9.17, 15) is 4.79 Å². The van der Waals surface area contributed by atoms with Crippen LogP contribution in [0.1, 0.15) is 181 Å². The van der Waals surface area contributed by atoms with Crippen molar-refractivity contribution in [3.8, 4) is 0 Å². The number of carbonyl (C=O) groups is 1. The fourth-order valence-corrected chi connectivity index (χ4v) is 4.59. The van der Waals surface area contributed by atoms with Crippen molar-refractivity contribution in [2.75, 3.05) is 6.61 Å². The maximum absolute atomic E-state index is 11.9. The normalized spacial score (nSPS) is 11.7. The topological polar surface area (TPSA) is 26.3 Å². The third-order valence-electron chi connectivity index (χ3n) is 7.06. The summed E-state index contributed by atoms with van der Waals surface area (Å²) in [6, 6.07) is 0. The van der Waals surface area contributed by atoms with Gasteiger partial charge >= 0.3 is 5.97 Å². The summed E-state index contributed by atoms with van der Waals surface area (Å²) in [6.45, 7) is 5.16. The van der Waals surface area contributed by atoms with Crippen LogP contribution in [-0.4, -0.2) is 12.6 Å². The number of hydrogen-bond acceptors (Lipinski definition) is 2. The lowest BCUT2D eigenvalue weighted by Gasteiger charge is -2.05. The van der Waals surface area contributed by atoms with E-state index in [1.807, 2.05) is 0 Å². The molecule has 0 radical (unpaired) electrons. The number of rotatable bonds is 29. The van der Waals surface area contributed by atoms with Gasteiger partial charge in [0.15, 0.2) is 0 Å². The first-order valence-electron chi connectivity index (χ1n) is 16.3. The number of ether oxygens (including phenoxy) is 1. The predicted octanol–water partition coefficient (Wildman–Crippen LogP) is 11.8. The van der Waals surface area contributed by atoms with E-state index < -0.39 is 0 Å². The van der Waals surface area contributed by atoms with Crippen LogP contribution in [0.2, 0.25) is 0 Å². The second-order valence-electron chi connectivity index (χ2n) is 10.8. The van der Waals surface area contributed by atoms with Gasteiger partial charge in [0.05, 0.1) is 6.61 Å². The highest BCUT2D eigenvalue weighted by Crippen LogP contribution is 2.11. The van der Waals surface area contributed by atoms with Gasteiger partial charge in [-0.15, -0.1) is 0 Å². The molecule has 0 fully saturated rings. The van der Waals surface area contributed by atoms with Crippen molar-refractivity contribution < 1.29 is 9.53 Å². The highest BCUT2D eigenvalue weighted by atomic mass is 16.5. The number of esters is 1. The molecular formula is C34H64O2. The van der Waals surface area contributed by atoms with E-state index in [4.69, 9.17) is 4.74 Å². The number of unbranched alkanes of at least 4 members (excludes halogenated alkanes) is 21. The smallest absolute Gasteiger partial charge is 0.305 e. The molecule has 0 aliphatic heterocycles. The lowest BCUT2D eigenvalue weighted by molar-refractivity contribution is -0.143. The fourth-order valence-electron chi connectivity index (χ4n) is 4.59. The van der Waals surface area contributed by atoms with Gasteiger partial charge in [-0.05, 0) is 64.2 Å². The summed E-state index contributed by atoms with van der Waals surface area (Å²) in [5.74, 6) is 0.00529. The van der Waals surface area contributed by atoms with E-state index in [1.165, 1.54) is 141 Å². The molecule has 2 heteroatoms. The average Bonchev–Trinajstić information content (AvgIpc) is 2.88. The number of allylic oxidation sites excluding steroid dienone is 4. The molecule has 2 nitrogen and oxygen atoms in total. The van der Waals surface area contributed by atoms with E-state index in [1.54, 1.807) is 0 Å².